The summed E-state index contributed by atoms with van der Waals surface area (Å²) in [5, 5.41) is 0.585. The van der Waals surface area contributed by atoms with Crippen LogP contribution in [0.4, 0.5) is 0 Å². The van der Waals surface area contributed by atoms with Gasteiger partial charge in [-0.25, -0.2) is 4.98 Å². The Hall–Kier alpha value is -1.91. The maximum Gasteiger partial charge on any atom is 0.227 e. The van der Waals surface area contributed by atoms with E-state index >= 15 is 0 Å². The van der Waals surface area contributed by atoms with Crippen LogP contribution in [-0.2, 0) is 22.3 Å². The summed E-state index contributed by atoms with van der Waals surface area (Å²) in [7, 11) is -1.03. The van der Waals surface area contributed by atoms with Crippen LogP contribution in [0.5, 0.6) is 0 Å². The fourth-order valence-electron chi connectivity index (χ4n) is 2.34. The summed E-state index contributed by atoms with van der Waals surface area (Å²) < 4.78 is 17.8. The van der Waals surface area contributed by atoms with Crippen LogP contribution < -0.4 is 0 Å². The Balaban J connectivity index is 1.69. The molecule has 0 saturated carbocycles. The molecule has 0 aliphatic heterocycles. The van der Waals surface area contributed by atoms with Gasteiger partial charge < -0.3 is 4.42 Å². The van der Waals surface area contributed by atoms with E-state index in [1.54, 1.807) is 12.3 Å². The van der Waals surface area contributed by atoms with E-state index in [1.807, 2.05) is 43.3 Å². The van der Waals surface area contributed by atoms with Crippen LogP contribution >= 0.6 is 11.6 Å². The number of aryl methyl sites for hydroxylation is 1. The van der Waals surface area contributed by atoms with Crippen molar-refractivity contribution in [1.82, 2.24) is 4.98 Å². The van der Waals surface area contributed by atoms with Gasteiger partial charge in [0.05, 0.1) is 22.0 Å². The third-order valence-electron chi connectivity index (χ3n) is 3.38. The molecule has 0 bridgehead atoms. The van der Waals surface area contributed by atoms with E-state index in [2.05, 4.69) is 11.1 Å². The minimum absolute atomic E-state index is 0.363. The smallest absolute Gasteiger partial charge is 0.227 e. The number of halogens is 1. The molecule has 1 aromatic heterocycles. The predicted octanol–water partition coefficient (Wildman–Crippen LogP) is 4.75. The molecule has 0 fully saturated rings. The van der Waals surface area contributed by atoms with Gasteiger partial charge in [0, 0.05) is 16.6 Å². The third kappa shape index (κ3) is 4.09. The molecule has 3 aromatic rings. The molecule has 0 radical (unpaired) electrons. The van der Waals surface area contributed by atoms with E-state index in [4.69, 9.17) is 16.0 Å². The number of oxazole rings is 1. The summed E-state index contributed by atoms with van der Waals surface area (Å²) in [5.41, 5.74) is 3.65. The van der Waals surface area contributed by atoms with Gasteiger partial charge in [0.1, 0.15) is 6.26 Å². The zero-order valence-corrected chi connectivity index (χ0v) is 14.2. The van der Waals surface area contributed by atoms with Crippen LogP contribution in [0.1, 0.15) is 16.8 Å². The lowest BCUT2D eigenvalue weighted by molar-refractivity contribution is 0.573. The highest BCUT2D eigenvalue weighted by atomic mass is 35.5. The lowest BCUT2D eigenvalue weighted by Crippen LogP contribution is -2.00. The van der Waals surface area contributed by atoms with Gasteiger partial charge in [0.2, 0.25) is 5.89 Å². The van der Waals surface area contributed by atoms with Gasteiger partial charge in [-0.15, -0.1) is 0 Å². The number of benzene rings is 2. The van der Waals surface area contributed by atoms with Gasteiger partial charge in [-0.1, -0.05) is 53.6 Å². The zero-order valence-electron chi connectivity index (χ0n) is 12.7. The van der Waals surface area contributed by atoms with E-state index < -0.39 is 10.8 Å². The summed E-state index contributed by atoms with van der Waals surface area (Å²) in [6.07, 6.45) is 1.55. The highest BCUT2D eigenvalue weighted by Gasteiger charge is 2.12. The molecule has 0 aliphatic rings. The Morgan fingerprint density at radius 1 is 1.13 bits per heavy atom. The van der Waals surface area contributed by atoms with Gasteiger partial charge in [0.15, 0.2) is 0 Å². The highest BCUT2D eigenvalue weighted by Crippen LogP contribution is 2.27. The standard InChI is InChI=1S/C18H16ClNO2S/c1-13-5-4-6-14(9-13)11-23(21)12-15-10-22-18(20-15)16-7-2-3-8-17(16)19/h2-10H,11-12H2,1H3/t23-/m1/s1. The first-order chi connectivity index (χ1) is 11.1. The first-order valence-corrected chi connectivity index (χ1v) is 9.08. The summed E-state index contributed by atoms with van der Waals surface area (Å²) in [6, 6.07) is 15.4. The molecule has 0 saturated heterocycles. The summed E-state index contributed by atoms with van der Waals surface area (Å²) in [4.78, 5) is 4.40. The lowest BCUT2D eigenvalue weighted by atomic mass is 10.2. The largest absolute Gasteiger partial charge is 0.444 e. The molecule has 0 spiro atoms. The number of aromatic nitrogens is 1. The Labute approximate surface area is 142 Å². The van der Waals surface area contributed by atoms with Crippen molar-refractivity contribution in [2.24, 2.45) is 0 Å². The molecule has 3 rings (SSSR count). The topological polar surface area (TPSA) is 43.1 Å². The second-order valence-electron chi connectivity index (χ2n) is 5.34. The van der Waals surface area contributed by atoms with Crippen molar-refractivity contribution in [2.75, 3.05) is 0 Å². The van der Waals surface area contributed by atoms with Crippen molar-refractivity contribution in [3.8, 4) is 11.5 Å². The number of rotatable bonds is 5. The molecule has 0 unspecified atom stereocenters. The molecule has 0 N–H and O–H groups in total. The molecular weight excluding hydrogens is 330 g/mol. The molecular formula is C18H16ClNO2S. The van der Waals surface area contributed by atoms with Crippen LogP contribution in [0.2, 0.25) is 5.02 Å². The van der Waals surface area contributed by atoms with Crippen LogP contribution in [0.15, 0.2) is 59.2 Å². The average Bonchev–Trinajstić information content (AvgIpc) is 2.95. The number of hydrogen-bond donors (Lipinski definition) is 0. The van der Waals surface area contributed by atoms with Crippen molar-refractivity contribution < 1.29 is 8.63 Å². The quantitative estimate of drug-likeness (QED) is 0.670. The SMILES string of the molecule is Cc1cccc(C[S@@](=O)Cc2coc(-c3ccccc3Cl)n2)c1. The second-order valence-corrected chi connectivity index (χ2v) is 7.21. The first kappa shape index (κ1) is 16.0. The van der Waals surface area contributed by atoms with Crippen LogP contribution in [0.3, 0.4) is 0 Å². The second kappa shape index (κ2) is 7.11. The van der Waals surface area contributed by atoms with Crippen molar-refractivity contribution >= 4 is 22.4 Å². The molecule has 23 heavy (non-hydrogen) atoms. The molecule has 0 aliphatic carbocycles. The average molecular weight is 346 g/mol. The minimum Gasteiger partial charge on any atom is -0.444 e. The van der Waals surface area contributed by atoms with E-state index in [-0.39, 0.29) is 0 Å². The molecule has 2 aromatic carbocycles. The maximum atomic E-state index is 12.3. The summed E-state index contributed by atoms with van der Waals surface area (Å²) in [6.45, 7) is 2.03. The fraction of sp³-hybridized carbons (Fsp3) is 0.167. The van der Waals surface area contributed by atoms with Crippen molar-refractivity contribution in [3.63, 3.8) is 0 Å². The van der Waals surface area contributed by atoms with Crippen molar-refractivity contribution in [1.29, 1.82) is 0 Å². The van der Waals surface area contributed by atoms with Crippen LogP contribution in [0, 0.1) is 6.92 Å². The fourth-order valence-corrected chi connectivity index (χ4v) is 3.67. The summed E-state index contributed by atoms with van der Waals surface area (Å²) >= 11 is 6.14. The number of nitrogens with zero attached hydrogens (tertiary/aromatic N) is 1. The van der Waals surface area contributed by atoms with E-state index in [0.717, 1.165) is 11.1 Å². The monoisotopic (exact) mass is 345 g/mol. The minimum atomic E-state index is -1.03. The Morgan fingerprint density at radius 3 is 2.74 bits per heavy atom. The van der Waals surface area contributed by atoms with E-state index in [9.17, 15) is 4.21 Å². The lowest BCUT2D eigenvalue weighted by Gasteiger charge is -2.02. The Kier molecular flexibility index (Phi) is 4.94. The van der Waals surface area contributed by atoms with E-state index in [1.165, 1.54) is 5.56 Å². The molecule has 3 nitrogen and oxygen atoms in total. The van der Waals surface area contributed by atoms with Crippen LogP contribution in [0.25, 0.3) is 11.5 Å². The van der Waals surface area contributed by atoms with E-state index in [0.29, 0.717) is 28.1 Å². The first-order valence-electron chi connectivity index (χ1n) is 7.21. The summed E-state index contributed by atoms with van der Waals surface area (Å²) in [5.74, 6) is 1.33. The Morgan fingerprint density at radius 2 is 1.96 bits per heavy atom. The van der Waals surface area contributed by atoms with Gasteiger partial charge in [-0.2, -0.15) is 0 Å². The van der Waals surface area contributed by atoms with Gasteiger partial charge in [0.25, 0.3) is 0 Å². The Bertz CT molecular complexity index is 844. The number of hydrogen-bond acceptors (Lipinski definition) is 3. The maximum absolute atomic E-state index is 12.3. The van der Waals surface area contributed by atoms with Crippen LogP contribution in [-0.4, -0.2) is 9.19 Å². The van der Waals surface area contributed by atoms with Crippen molar-refractivity contribution in [3.05, 3.63) is 76.6 Å². The highest BCUT2D eigenvalue weighted by molar-refractivity contribution is 7.83. The third-order valence-corrected chi connectivity index (χ3v) is 4.98. The van der Waals surface area contributed by atoms with Gasteiger partial charge in [-0.05, 0) is 24.6 Å². The van der Waals surface area contributed by atoms with Gasteiger partial charge >= 0.3 is 0 Å². The molecule has 1 atom stereocenters. The van der Waals surface area contributed by atoms with Crippen molar-refractivity contribution in [2.45, 2.75) is 18.4 Å². The molecule has 0 amide bonds. The zero-order chi connectivity index (χ0) is 16.2. The normalized spacial score (nSPS) is 12.3. The van der Waals surface area contributed by atoms with Gasteiger partial charge in [-0.3, -0.25) is 4.21 Å². The molecule has 5 heteroatoms. The predicted molar refractivity (Wildman–Crippen MR) is 93.7 cm³/mol. The molecule has 1 heterocycles. The molecule has 118 valence electrons.